The van der Waals surface area contributed by atoms with Gasteiger partial charge in [0.05, 0.1) is 37.6 Å². The first-order chi connectivity index (χ1) is 13.9. The normalized spacial score (nSPS) is 15.4. The molecule has 9 nitrogen and oxygen atoms in total. The molecule has 1 amide bonds. The van der Waals surface area contributed by atoms with E-state index in [9.17, 15) is 9.59 Å². The number of halogens is 1. The second kappa shape index (κ2) is 10.0. The monoisotopic (exact) mass is 441 g/mol. The van der Waals surface area contributed by atoms with Gasteiger partial charge >= 0.3 is 0 Å². The zero-order valence-electron chi connectivity index (χ0n) is 16.4. The zero-order valence-corrected chi connectivity index (χ0v) is 18.0. The van der Waals surface area contributed by atoms with Gasteiger partial charge < -0.3 is 19.3 Å². The highest BCUT2D eigenvalue weighted by Gasteiger charge is 2.22. The number of anilines is 1. The van der Waals surface area contributed by atoms with Crippen molar-refractivity contribution in [1.82, 2.24) is 20.1 Å². The maximum Gasteiger partial charge on any atom is 0.270 e. The molecule has 1 saturated heterocycles. The quantitative estimate of drug-likeness (QED) is 0.622. The van der Waals surface area contributed by atoms with Crippen LogP contribution >= 0.6 is 22.9 Å². The van der Waals surface area contributed by atoms with Crippen LogP contribution in [0.2, 0.25) is 4.34 Å². The fraction of sp³-hybridized carbons (Fsp3) is 0.556. The molecule has 0 radical (unpaired) electrons. The van der Waals surface area contributed by atoms with Crippen molar-refractivity contribution in [3.05, 3.63) is 32.6 Å². The number of aromatic nitrogens is 3. The van der Waals surface area contributed by atoms with Crippen LogP contribution in [0.1, 0.15) is 18.9 Å². The molecule has 1 aliphatic rings. The first kappa shape index (κ1) is 21.5. The second-order valence-corrected chi connectivity index (χ2v) is 8.40. The number of carbonyl (C=O) groups is 1. The van der Waals surface area contributed by atoms with Crippen molar-refractivity contribution in [2.75, 3.05) is 44.3 Å². The van der Waals surface area contributed by atoms with Crippen LogP contribution in [0.3, 0.4) is 0 Å². The Labute approximate surface area is 177 Å². The Balaban J connectivity index is 1.34. The number of piperazine rings is 1. The molecule has 2 aromatic rings. The molecule has 2 aromatic heterocycles. The molecule has 0 spiro atoms. The van der Waals surface area contributed by atoms with E-state index < -0.39 is 0 Å². The molecule has 0 saturated carbocycles. The van der Waals surface area contributed by atoms with Crippen LogP contribution in [-0.2, 0) is 9.53 Å². The van der Waals surface area contributed by atoms with Crippen molar-refractivity contribution < 1.29 is 14.3 Å². The summed E-state index contributed by atoms with van der Waals surface area (Å²) in [5.41, 5.74) is 0.195. The van der Waals surface area contributed by atoms with Crippen molar-refractivity contribution in [3.8, 4) is 5.75 Å². The number of carbonyl (C=O) groups excluding carboxylic acids is 1. The highest BCUT2D eigenvalue weighted by molar-refractivity contribution is 7.19. The smallest absolute Gasteiger partial charge is 0.270 e. The number of nitrogens with zero attached hydrogens (tertiary/aromatic N) is 4. The number of amides is 1. The lowest BCUT2D eigenvalue weighted by Crippen LogP contribution is -2.49. The molecule has 0 aromatic carbocycles. The molecule has 1 atom stereocenters. The molecule has 0 aliphatic carbocycles. The SMILES string of the molecule is Cc1c(O[C@@H](C)COCCC(=O)N2CCN(c3ncc(Cl)s3)CC2)cn[nH]c1=O. The summed E-state index contributed by atoms with van der Waals surface area (Å²) in [6.07, 6.45) is 3.17. The standard InChI is InChI=1S/C18H24ClN5O4S/c1-12(28-14-9-21-22-17(26)13(14)2)11-27-8-3-16(25)23-4-6-24(7-5-23)18-20-10-15(19)29-18/h9-10,12H,3-8,11H2,1-2H3,(H,22,26)/t12-/m0/s1. The van der Waals surface area contributed by atoms with E-state index in [0.29, 0.717) is 48.4 Å². The Morgan fingerprint density at radius 3 is 2.79 bits per heavy atom. The van der Waals surface area contributed by atoms with Gasteiger partial charge in [0.1, 0.15) is 16.2 Å². The van der Waals surface area contributed by atoms with Crippen LogP contribution in [-0.4, -0.2) is 71.5 Å². The minimum absolute atomic E-state index is 0.0741. The van der Waals surface area contributed by atoms with Crippen molar-refractivity contribution in [1.29, 1.82) is 0 Å². The largest absolute Gasteiger partial charge is 0.486 e. The summed E-state index contributed by atoms with van der Waals surface area (Å²) in [4.78, 5) is 32.2. The third kappa shape index (κ3) is 5.91. The van der Waals surface area contributed by atoms with Crippen molar-refractivity contribution >= 4 is 34.0 Å². The van der Waals surface area contributed by atoms with Crippen molar-refractivity contribution in [2.24, 2.45) is 0 Å². The molecular formula is C18H24ClN5O4S. The lowest BCUT2D eigenvalue weighted by Gasteiger charge is -2.34. The molecule has 0 bridgehead atoms. The van der Waals surface area contributed by atoms with Gasteiger partial charge in [-0.3, -0.25) is 9.59 Å². The van der Waals surface area contributed by atoms with Crippen LogP contribution < -0.4 is 15.2 Å². The van der Waals surface area contributed by atoms with Crippen molar-refractivity contribution in [3.63, 3.8) is 0 Å². The Morgan fingerprint density at radius 2 is 2.10 bits per heavy atom. The van der Waals surface area contributed by atoms with E-state index in [2.05, 4.69) is 20.1 Å². The number of thiazole rings is 1. The van der Waals surface area contributed by atoms with Gasteiger partial charge in [-0.05, 0) is 13.8 Å². The lowest BCUT2D eigenvalue weighted by atomic mass is 10.3. The average molecular weight is 442 g/mol. The van der Waals surface area contributed by atoms with Crippen LogP contribution in [0.4, 0.5) is 5.13 Å². The third-order valence-electron chi connectivity index (χ3n) is 4.57. The average Bonchev–Trinajstić information content (AvgIpc) is 3.15. The minimum Gasteiger partial charge on any atom is -0.486 e. The molecule has 158 valence electrons. The summed E-state index contributed by atoms with van der Waals surface area (Å²) in [5.74, 6) is 0.505. The molecule has 11 heteroatoms. The summed E-state index contributed by atoms with van der Waals surface area (Å²) in [6, 6.07) is 0. The molecule has 1 N–H and O–H groups in total. The van der Waals surface area contributed by atoms with Gasteiger partial charge in [-0.2, -0.15) is 5.10 Å². The second-order valence-electron chi connectivity index (χ2n) is 6.76. The number of aromatic amines is 1. The number of hydrogen-bond acceptors (Lipinski definition) is 8. The molecule has 3 rings (SSSR count). The van der Waals surface area contributed by atoms with E-state index in [-0.39, 0.29) is 17.6 Å². The number of rotatable bonds is 8. The first-order valence-electron chi connectivity index (χ1n) is 9.36. The van der Waals surface area contributed by atoms with Gasteiger partial charge in [-0.1, -0.05) is 22.9 Å². The molecule has 1 fully saturated rings. The van der Waals surface area contributed by atoms with E-state index >= 15 is 0 Å². The number of nitrogens with one attached hydrogen (secondary N) is 1. The Morgan fingerprint density at radius 1 is 1.34 bits per heavy atom. The summed E-state index contributed by atoms with van der Waals surface area (Å²) < 4.78 is 11.9. The van der Waals surface area contributed by atoms with Crippen LogP contribution in [0.5, 0.6) is 5.75 Å². The van der Waals surface area contributed by atoms with Gasteiger partial charge in [-0.15, -0.1) is 0 Å². The first-order valence-corrected chi connectivity index (χ1v) is 10.6. The Bertz CT molecular complexity index is 881. The van der Waals surface area contributed by atoms with E-state index in [1.807, 2.05) is 11.8 Å². The predicted molar refractivity (Wildman–Crippen MR) is 111 cm³/mol. The van der Waals surface area contributed by atoms with Gasteiger partial charge in [-0.25, -0.2) is 10.1 Å². The van der Waals surface area contributed by atoms with Crippen LogP contribution in [0.25, 0.3) is 0 Å². The summed E-state index contributed by atoms with van der Waals surface area (Å²) in [6.45, 7) is 6.95. The molecular weight excluding hydrogens is 418 g/mol. The summed E-state index contributed by atoms with van der Waals surface area (Å²) >= 11 is 7.38. The highest BCUT2D eigenvalue weighted by atomic mass is 35.5. The minimum atomic E-state index is -0.278. The molecule has 29 heavy (non-hydrogen) atoms. The van der Waals surface area contributed by atoms with Crippen molar-refractivity contribution in [2.45, 2.75) is 26.4 Å². The van der Waals surface area contributed by atoms with E-state index in [1.165, 1.54) is 17.5 Å². The highest BCUT2D eigenvalue weighted by Crippen LogP contribution is 2.26. The predicted octanol–water partition coefficient (Wildman–Crippen LogP) is 1.71. The maximum absolute atomic E-state index is 12.4. The van der Waals surface area contributed by atoms with E-state index in [1.54, 1.807) is 13.1 Å². The number of hydrogen-bond donors (Lipinski definition) is 1. The van der Waals surface area contributed by atoms with Crippen LogP contribution in [0.15, 0.2) is 17.2 Å². The Kier molecular flexibility index (Phi) is 7.45. The van der Waals surface area contributed by atoms with E-state index in [4.69, 9.17) is 21.1 Å². The topological polar surface area (TPSA) is 101 Å². The fourth-order valence-corrected chi connectivity index (χ4v) is 3.87. The van der Waals surface area contributed by atoms with Gasteiger partial charge in [0.25, 0.3) is 5.56 Å². The Hall–Kier alpha value is -2.17. The summed E-state index contributed by atoms with van der Waals surface area (Å²) in [7, 11) is 0. The maximum atomic E-state index is 12.4. The third-order valence-corrected chi connectivity index (χ3v) is 5.74. The van der Waals surface area contributed by atoms with Gasteiger partial charge in [0, 0.05) is 26.2 Å². The van der Waals surface area contributed by atoms with Crippen LogP contribution in [0, 0.1) is 6.92 Å². The number of H-pyrrole nitrogens is 1. The van der Waals surface area contributed by atoms with E-state index in [0.717, 1.165) is 18.2 Å². The van der Waals surface area contributed by atoms with Gasteiger partial charge in [0.2, 0.25) is 5.91 Å². The molecule has 3 heterocycles. The molecule has 0 unspecified atom stereocenters. The number of ether oxygens (including phenoxy) is 2. The summed E-state index contributed by atoms with van der Waals surface area (Å²) in [5, 5.41) is 6.97. The fourth-order valence-electron chi connectivity index (χ4n) is 2.92. The van der Waals surface area contributed by atoms with Gasteiger partial charge in [0.15, 0.2) is 5.13 Å². The lowest BCUT2D eigenvalue weighted by molar-refractivity contribution is -0.132. The molecule has 1 aliphatic heterocycles. The zero-order chi connectivity index (χ0) is 20.8.